The van der Waals surface area contributed by atoms with Crippen LogP contribution < -0.4 is 4.74 Å². The van der Waals surface area contributed by atoms with Gasteiger partial charge in [0.15, 0.2) is 0 Å². The van der Waals surface area contributed by atoms with Gasteiger partial charge in [-0.25, -0.2) is 0 Å². The maximum absolute atomic E-state index is 5.12. The summed E-state index contributed by atoms with van der Waals surface area (Å²) in [7, 11) is 1.66. The Morgan fingerprint density at radius 2 is 2.33 bits per heavy atom. The number of rotatable bonds is 1. The molecule has 1 aromatic carbocycles. The van der Waals surface area contributed by atoms with Gasteiger partial charge in [0.05, 0.1) is 18.8 Å². The van der Waals surface area contributed by atoms with E-state index in [1.165, 1.54) is 0 Å². The largest absolute Gasteiger partial charge is 0.497 e. The molecular weight excluding hydrogens is 267 g/mol. The minimum absolute atomic E-state index is 0.858. The van der Waals surface area contributed by atoms with E-state index < -0.39 is 0 Å². The highest BCUT2D eigenvalue weighted by Gasteiger charge is 2.02. The van der Waals surface area contributed by atoms with Gasteiger partial charge in [-0.05, 0) is 28.7 Å². The molecule has 1 aromatic heterocycles. The van der Waals surface area contributed by atoms with Gasteiger partial charge in [-0.15, -0.1) is 0 Å². The molecule has 1 heterocycles. The molecule has 1 N–H and O–H groups in total. The zero-order chi connectivity index (χ0) is 8.55. The van der Waals surface area contributed by atoms with Crippen molar-refractivity contribution in [3.63, 3.8) is 0 Å². The highest BCUT2D eigenvalue weighted by atomic mass is 127. The Balaban J connectivity index is 2.75. The van der Waals surface area contributed by atoms with Gasteiger partial charge in [0, 0.05) is 15.0 Å². The number of fused-ring (bicyclic) bond motifs is 1. The Morgan fingerprint density at radius 3 is 3.08 bits per heavy atom. The summed E-state index contributed by atoms with van der Waals surface area (Å²) < 4.78 is 6.27. The molecule has 0 bridgehead atoms. The fraction of sp³-hybridized carbons (Fsp3) is 0.125. The number of halogens is 1. The van der Waals surface area contributed by atoms with Gasteiger partial charge in [-0.3, -0.25) is 5.10 Å². The van der Waals surface area contributed by atoms with Crippen LogP contribution >= 0.6 is 22.6 Å². The summed E-state index contributed by atoms with van der Waals surface area (Å²) in [4.78, 5) is 0. The Bertz CT molecular complexity index is 410. The van der Waals surface area contributed by atoms with Crippen molar-refractivity contribution in [1.82, 2.24) is 10.2 Å². The molecule has 2 aromatic rings. The number of nitrogens with one attached hydrogen (secondary N) is 1. The maximum Gasteiger partial charge on any atom is 0.122 e. The van der Waals surface area contributed by atoms with Gasteiger partial charge in [-0.1, -0.05) is 0 Å². The summed E-state index contributed by atoms with van der Waals surface area (Å²) in [6.07, 6.45) is 1.82. The molecule has 0 fully saturated rings. The molecule has 0 saturated heterocycles. The summed E-state index contributed by atoms with van der Waals surface area (Å²) in [6, 6.07) is 3.92. The normalized spacial score (nSPS) is 10.5. The van der Waals surface area contributed by atoms with Crippen molar-refractivity contribution in [2.24, 2.45) is 0 Å². The molecule has 0 unspecified atom stereocenters. The number of aromatic nitrogens is 2. The lowest BCUT2D eigenvalue weighted by molar-refractivity contribution is 0.415. The number of hydrogen-bond acceptors (Lipinski definition) is 2. The first-order chi connectivity index (χ1) is 5.81. The van der Waals surface area contributed by atoms with Crippen molar-refractivity contribution in [3.8, 4) is 5.75 Å². The number of H-pyrrole nitrogens is 1. The van der Waals surface area contributed by atoms with E-state index in [-0.39, 0.29) is 0 Å². The van der Waals surface area contributed by atoms with Crippen LogP contribution in [-0.4, -0.2) is 17.3 Å². The van der Waals surface area contributed by atoms with Crippen molar-refractivity contribution >= 4 is 33.5 Å². The molecule has 0 atom stereocenters. The molecule has 12 heavy (non-hydrogen) atoms. The number of ether oxygens (including phenoxy) is 1. The highest BCUT2D eigenvalue weighted by Crippen LogP contribution is 2.24. The third kappa shape index (κ3) is 1.16. The molecule has 0 aliphatic heterocycles. The Labute approximate surface area is 83.3 Å². The molecular formula is C8H7IN2O. The summed E-state index contributed by atoms with van der Waals surface area (Å²) in [6.45, 7) is 0. The molecule has 0 amide bonds. The van der Waals surface area contributed by atoms with E-state index in [2.05, 4.69) is 32.8 Å². The van der Waals surface area contributed by atoms with E-state index in [0.717, 1.165) is 20.2 Å². The SMILES string of the molecule is COc1cc(I)c2cn[nH]c2c1. The summed E-state index contributed by atoms with van der Waals surface area (Å²) in [5.74, 6) is 0.858. The van der Waals surface area contributed by atoms with Crippen LogP contribution in [0.4, 0.5) is 0 Å². The molecule has 3 nitrogen and oxygen atoms in total. The number of methoxy groups -OCH3 is 1. The molecule has 2 rings (SSSR count). The van der Waals surface area contributed by atoms with Crippen molar-refractivity contribution in [3.05, 3.63) is 21.9 Å². The van der Waals surface area contributed by atoms with Crippen LogP contribution in [0.5, 0.6) is 5.75 Å². The molecule has 4 heteroatoms. The minimum Gasteiger partial charge on any atom is -0.497 e. The number of aromatic amines is 1. The first kappa shape index (κ1) is 7.85. The molecule has 0 aliphatic rings. The van der Waals surface area contributed by atoms with Crippen LogP contribution in [0.3, 0.4) is 0 Å². The van der Waals surface area contributed by atoms with Crippen LogP contribution in [0.25, 0.3) is 10.9 Å². The Hall–Kier alpha value is -0.780. The minimum atomic E-state index is 0.858. The fourth-order valence-corrected chi connectivity index (χ4v) is 1.84. The number of nitrogens with zero attached hydrogens (tertiary/aromatic N) is 1. The summed E-state index contributed by atoms with van der Waals surface area (Å²) in [5.41, 5.74) is 1.01. The molecule has 0 spiro atoms. The monoisotopic (exact) mass is 274 g/mol. The Kier molecular flexibility index (Phi) is 1.92. The zero-order valence-corrected chi connectivity index (χ0v) is 8.62. The van der Waals surface area contributed by atoms with Crippen molar-refractivity contribution in [2.75, 3.05) is 7.11 Å². The number of benzene rings is 1. The van der Waals surface area contributed by atoms with Crippen molar-refractivity contribution in [2.45, 2.75) is 0 Å². The summed E-state index contributed by atoms with van der Waals surface area (Å²) in [5, 5.41) is 7.99. The average molecular weight is 274 g/mol. The third-order valence-corrected chi connectivity index (χ3v) is 2.61. The van der Waals surface area contributed by atoms with E-state index in [0.29, 0.717) is 0 Å². The quantitative estimate of drug-likeness (QED) is 0.809. The van der Waals surface area contributed by atoms with Crippen LogP contribution in [0.2, 0.25) is 0 Å². The van der Waals surface area contributed by atoms with Gasteiger partial charge in [0.25, 0.3) is 0 Å². The van der Waals surface area contributed by atoms with Crippen LogP contribution in [0, 0.1) is 3.57 Å². The van der Waals surface area contributed by atoms with Crippen LogP contribution in [-0.2, 0) is 0 Å². The zero-order valence-electron chi connectivity index (χ0n) is 6.47. The van der Waals surface area contributed by atoms with E-state index in [1.54, 1.807) is 7.11 Å². The third-order valence-electron chi connectivity index (χ3n) is 1.72. The fourth-order valence-electron chi connectivity index (χ4n) is 1.10. The van der Waals surface area contributed by atoms with Crippen LogP contribution in [0.1, 0.15) is 0 Å². The van der Waals surface area contributed by atoms with E-state index in [1.807, 2.05) is 18.3 Å². The van der Waals surface area contributed by atoms with E-state index in [9.17, 15) is 0 Å². The predicted octanol–water partition coefficient (Wildman–Crippen LogP) is 2.18. The first-order valence-corrected chi connectivity index (χ1v) is 4.56. The molecule has 0 radical (unpaired) electrons. The van der Waals surface area contributed by atoms with Crippen molar-refractivity contribution < 1.29 is 4.74 Å². The van der Waals surface area contributed by atoms with Crippen molar-refractivity contribution in [1.29, 1.82) is 0 Å². The maximum atomic E-state index is 5.12. The first-order valence-electron chi connectivity index (χ1n) is 3.48. The van der Waals surface area contributed by atoms with E-state index in [4.69, 9.17) is 4.74 Å². The standard InChI is InChI=1S/C8H7IN2O/c1-12-5-2-7(9)6-4-10-11-8(6)3-5/h2-4H,1H3,(H,10,11). The lowest BCUT2D eigenvalue weighted by atomic mass is 10.2. The second kappa shape index (κ2) is 2.93. The van der Waals surface area contributed by atoms with Gasteiger partial charge in [-0.2, -0.15) is 5.10 Å². The second-order valence-electron chi connectivity index (χ2n) is 2.44. The number of hydrogen-bond donors (Lipinski definition) is 1. The molecule has 0 saturated carbocycles. The topological polar surface area (TPSA) is 37.9 Å². The van der Waals surface area contributed by atoms with Gasteiger partial charge in [0.1, 0.15) is 5.75 Å². The molecule has 0 aliphatic carbocycles. The van der Waals surface area contributed by atoms with Gasteiger partial charge in [0.2, 0.25) is 0 Å². The van der Waals surface area contributed by atoms with Gasteiger partial charge >= 0.3 is 0 Å². The lowest BCUT2D eigenvalue weighted by Crippen LogP contribution is -1.83. The second-order valence-corrected chi connectivity index (χ2v) is 3.60. The highest BCUT2D eigenvalue weighted by molar-refractivity contribution is 14.1. The predicted molar refractivity (Wildman–Crippen MR) is 55.4 cm³/mol. The smallest absolute Gasteiger partial charge is 0.122 e. The Morgan fingerprint density at radius 1 is 1.50 bits per heavy atom. The summed E-state index contributed by atoms with van der Waals surface area (Å²) >= 11 is 2.26. The lowest BCUT2D eigenvalue weighted by Gasteiger charge is -2.00. The van der Waals surface area contributed by atoms with Gasteiger partial charge < -0.3 is 4.74 Å². The molecule has 62 valence electrons. The van der Waals surface area contributed by atoms with E-state index >= 15 is 0 Å². The average Bonchev–Trinajstić information content (AvgIpc) is 2.52. The van der Waals surface area contributed by atoms with Crippen LogP contribution in [0.15, 0.2) is 18.3 Å².